The number of carbonyl (C=O) groups is 1. The van der Waals surface area contributed by atoms with Crippen molar-refractivity contribution >= 4 is 29.0 Å². The molecule has 0 spiro atoms. The van der Waals surface area contributed by atoms with Crippen LogP contribution in [-0.4, -0.2) is 26.7 Å². The minimum absolute atomic E-state index is 0.0560. The van der Waals surface area contributed by atoms with Crippen molar-refractivity contribution in [1.29, 1.82) is 0 Å². The van der Waals surface area contributed by atoms with Gasteiger partial charge in [-0.05, 0) is 55.2 Å². The highest BCUT2D eigenvalue weighted by Gasteiger charge is 2.31. The van der Waals surface area contributed by atoms with Crippen LogP contribution in [0.4, 0.5) is 0 Å². The fraction of sp³-hybridized carbons (Fsp3) is 0.458. The molecule has 1 amide bonds. The Labute approximate surface area is 191 Å². The molecule has 0 radical (unpaired) electrons. The van der Waals surface area contributed by atoms with Gasteiger partial charge in [0.15, 0.2) is 11.0 Å². The van der Waals surface area contributed by atoms with Crippen molar-refractivity contribution in [3.63, 3.8) is 0 Å². The van der Waals surface area contributed by atoms with Crippen LogP contribution >= 0.6 is 23.1 Å². The highest BCUT2D eigenvalue weighted by atomic mass is 32.2. The lowest BCUT2D eigenvalue weighted by atomic mass is 9.87. The quantitative estimate of drug-likeness (QED) is 0.503. The van der Waals surface area contributed by atoms with Crippen LogP contribution in [0.25, 0.3) is 10.7 Å². The maximum atomic E-state index is 13.0. The maximum Gasteiger partial charge on any atom is 0.238 e. The summed E-state index contributed by atoms with van der Waals surface area (Å²) in [6, 6.07) is 12.6. The summed E-state index contributed by atoms with van der Waals surface area (Å²) in [5.74, 6) is 1.75. The van der Waals surface area contributed by atoms with E-state index in [9.17, 15) is 4.79 Å². The second kappa shape index (κ2) is 8.79. The lowest BCUT2D eigenvalue weighted by Crippen LogP contribution is -2.29. The van der Waals surface area contributed by atoms with Gasteiger partial charge in [-0.2, -0.15) is 0 Å². The van der Waals surface area contributed by atoms with Gasteiger partial charge in [0, 0.05) is 18.0 Å². The first kappa shape index (κ1) is 20.8. The molecule has 2 aromatic heterocycles. The van der Waals surface area contributed by atoms with E-state index in [1.807, 2.05) is 53.3 Å². The molecule has 162 valence electrons. The molecule has 2 atom stereocenters. The summed E-state index contributed by atoms with van der Waals surface area (Å²) >= 11 is 3.34. The van der Waals surface area contributed by atoms with E-state index in [2.05, 4.69) is 28.5 Å². The minimum Gasteiger partial charge on any atom is -0.352 e. The lowest BCUT2D eigenvalue weighted by molar-refractivity contribution is -0.120. The summed E-state index contributed by atoms with van der Waals surface area (Å²) in [7, 11) is 2.01. The Hall–Kier alpha value is -2.12. The smallest absolute Gasteiger partial charge is 0.238 e. The molecule has 2 heterocycles. The molecule has 0 aliphatic heterocycles. The number of carbonyl (C=O) groups excluding carboxylic acids is 1. The van der Waals surface area contributed by atoms with Gasteiger partial charge in [0.05, 0.1) is 4.88 Å². The van der Waals surface area contributed by atoms with Crippen LogP contribution in [0, 0.1) is 5.92 Å². The highest BCUT2D eigenvalue weighted by molar-refractivity contribution is 8.00. The summed E-state index contributed by atoms with van der Waals surface area (Å²) < 4.78 is 2.04. The van der Waals surface area contributed by atoms with Crippen LogP contribution in [0.1, 0.15) is 53.9 Å². The number of nitrogens with zero attached hydrogens (tertiary/aromatic N) is 3. The molecule has 5 rings (SSSR count). The van der Waals surface area contributed by atoms with Gasteiger partial charge < -0.3 is 9.88 Å². The standard InChI is InChI=1S/C24H28N4OS2/c1-3-15-9-12-19-17(13-15)14-20(30-19)22-26-27-24(28(22)2)31-21(16-7-5-4-6-8-16)23(29)25-18-10-11-18/h4-8,14-15,18,21H,3,9-13H2,1-2H3,(H,25,29)/t15-,21-/m0/s1. The SMILES string of the molecule is CC[C@H]1CCc2sc(-c3nnc(S[C@H](C(=O)NC4CC4)c4ccccc4)n3C)cc2C1. The van der Waals surface area contributed by atoms with Gasteiger partial charge >= 0.3 is 0 Å². The third-order valence-electron chi connectivity index (χ3n) is 6.30. The van der Waals surface area contributed by atoms with Gasteiger partial charge in [-0.25, -0.2) is 0 Å². The zero-order valence-corrected chi connectivity index (χ0v) is 19.6. The molecule has 31 heavy (non-hydrogen) atoms. The zero-order valence-electron chi connectivity index (χ0n) is 18.0. The zero-order chi connectivity index (χ0) is 21.4. The van der Waals surface area contributed by atoms with E-state index in [4.69, 9.17) is 0 Å². The second-order valence-corrected chi connectivity index (χ2v) is 10.8. The molecule has 3 aromatic rings. The van der Waals surface area contributed by atoms with Crippen LogP contribution in [0.2, 0.25) is 0 Å². The first-order valence-electron chi connectivity index (χ1n) is 11.2. The lowest BCUT2D eigenvalue weighted by Gasteiger charge is -2.19. The van der Waals surface area contributed by atoms with E-state index >= 15 is 0 Å². The Bertz CT molecular complexity index is 1070. The van der Waals surface area contributed by atoms with Gasteiger partial charge in [0.1, 0.15) is 5.25 Å². The molecular formula is C24H28N4OS2. The summed E-state index contributed by atoms with van der Waals surface area (Å²) in [4.78, 5) is 15.7. The van der Waals surface area contributed by atoms with Crippen molar-refractivity contribution in [1.82, 2.24) is 20.1 Å². The monoisotopic (exact) mass is 452 g/mol. The van der Waals surface area contributed by atoms with E-state index in [1.165, 1.54) is 52.8 Å². The maximum absolute atomic E-state index is 13.0. The summed E-state index contributed by atoms with van der Waals surface area (Å²) in [5.41, 5.74) is 2.48. The predicted octanol–water partition coefficient (Wildman–Crippen LogP) is 5.17. The molecular weight excluding hydrogens is 424 g/mol. The molecule has 1 saturated carbocycles. The number of thioether (sulfide) groups is 1. The van der Waals surface area contributed by atoms with E-state index in [0.29, 0.717) is 6.04 Å². The minimum atomic E-state index is -0.334. The van der Waals surface area contributed by atoms with Crippen molar-refractivity contribution in [2.24, 2.45) is 13.0 Å². The molecule has 0 saturated heterocycles. The molecule has 7 heteroatoms. The average Bonchev–Trinajstić information content (AvgIpc) is 3.38. The van der Waals surface area contributed by atoms with Crippen molar-refractivity contribution in [3.05, 3.63) is 52.4 Å². The molecule has 1 aromatic carbocycles. The van der Waals surface area contributed by atoms with E-state index in [1.54, 1.807) is 0 Å². The summed E-state index contributed by atoms with van der Waals surface area (Å²) in [6.45, 7) is 2.29. The number of rotatable bonds is 7. The molecule has 1 fully saturated rings. The van der Waals surface area contributed by atoms with E-state index in [0.717, 1.165) is 35.3 Å². The molecule has 5 nitrogen and oxygen atoms in total. The normalized spacial score (nSPS) is 19.1. The number of hydrogen-bond donors (Lipinski definition) is 1. The van der Waals surface area contributed by atoms with E-state index < -0.39 is 0 Å². The molecule has 1 N–H and O–H groups in total. The van der Waals surface area contributed by atoms with Crippen molar-refractivity contribution < 1.29 is 4.79 Å². The Balaban J connectivity index is 1.40. The molecule has 2 aliphatic rings. The molecule has 0 bridgehead atoms. The van der Waals surface area contributed by atoms with Crippen molar-refractivity contribution in [2.75, 3.05) is 0 Å². The van der Waals surface area contributed by atoms with Gasteiger partial charge in [-0.3, -0.25) is 4.79 Å². The van der Waals surface area contributed by atoms with Crippen LogP contribution < -0.4 is 5.32 Å². The Morgan fingerprint density at radius 3 is 2.81 bits per heavy atom. The number of aromatic nitrogens is 3. The van der Waals surface area contributed by atoms with Crippen LogP contribution in [-0.2, 0) is 24.7 Å². The molecule has 0 unspecified atom stereocenters. The third-order valence-corrected chi connectivity index (χ3v) is 8.83. The number of thiophene rings is 1. The Morgan fingerprint density at radius 1 is 1.26 bits per heavy atom. The third kappa shape index (κ3) is 4.44. The predicted molar refractivity (Wildman–Crippen MR) is 126 cm³/mol. The molecule has 2 aliphatic carbocycles. The fourth-order valence-electron chi connectivity index (χ4n) is 4.20. The van der Waals surface area contributed by atoms with Crippen LogP contribution in [0.3, 0.4) is 0 Å². The van der Waals surface area contributed by atoms with Gasteiger partial charge in [-0.1, -0.05) is 55.4 Å². The topological polar surface area (TPSA) is 59.8 Å². The largest absolute Gasteiger partial charge is 0.352 e. The van der Waals surface area contributed by atoms with Crippen molar-refractivity contribution in [2.45, 2.75) is 61.9 Å². The number of amides is 1. The van der Waals surface area contributed by atoms with E-state index in [-0.39, 0.29) is 11.2 Å². The number of nitrogens with one attached hydrogen (secondary N) is 1. The van der Waals surface area contributed by atoms with Gasteiger partial charge in [0.25, 0.3) is 0 Å². The van der Waals surface area contributed by atoms with Gasteiger partial charge in [0.2, 0.25) is 5.91 Å². The first-order valence-corrected chi connectivity index (χ1v) is 12.8. The Morgan fingerprint density at radius 2 is 2.06 bits per heavy atom. The summed E-state index contributed by atoms with van der Waals surface area (Å²) in [5, 5.41) is 12.6. The van der Waals surface area contributed by atoms with Crippen LogP contribution in [0.5, 0.6) is 0 Å². The highest BCUT2D eigenvalue weighted by Crippen LogP contribution is 2.40. The average molecular weight is 453 g/mol. The number of benzene rings is 1. The summed E-state index contributed by atoms with van der Waals surface area (Å²) in [6.07, 6.45) is 7.05. The first-order chi connectivity index (χ1) is 15.1. The fourth-order valence-corrected chi connectivity index (χ4v) is 6.44. The van der Waals surface area contributed by atoms with Crippen molar-refractivity contribution in [3.8, 4) is 10.7 Å². The number of hydrogen-bond acceptors (Lipinski definition) is 5. The van der Waals surface area contributed by atoms with Gasteiger partial charge in [-0.15, -0.1) is 21.5 Å². The number of aryl methyl sites for hydroxylation is 1. The number of fused-ring (bicyclic) bond motifs is 1. The second-order valence-electron chi connectivity index (χ2n) is 8.63. The Kier molecular flexibility index (Phi) is 5.89. The van der Waals surface area contributed by atoms with Crippen LogP contribution in [0.15, 0.2) is 41.6 Å².